The first kappa shape index (κ1) is 22.0. The van der Waals surface area contributed by atoms with E-state index in [-0.39, 0.29) is 38.1 Å². The third-order valence-electron chi connectivity index (χ3n) is 3.74. The minimum atomic E-state index is -4.39. The Morgan fingerprint density at radius 3 is 2.32 bits per heavy atom. The number of carbonyl (C=O) groups excluding carboxylic acids is 1. The molecule has 6 nitrogen and oxygen atoms in total. The Morgan fingerprint density at radius 1 is 1.24 bits per heavy atom. The average Bonchev–Trinajstić information content (AvgIpc) is 2.33. The number of alkyl halides is 3. The second kappa shape index (κ2) is 8.11. The van der Waals surface area contributed by atoms with E-state index >= 15 is 0 Å². The van der Waals surface area contributed by atoms with E-state index < -0.39 is 39.8 Å². The number of hydrogen-bond acceptors (Lipinski definition) is 5. The summed E-state index contributed by atoms with van der Waals surface area (Å²) in [6.45, 7) is 5.11. The highest BCUT2D eigenvalue weighted by molar-refractivity contribution is 7.90. The lowest BCUT2D eigenvalue weighted by atomic mass is 9.97. The van der Waals surface area contributed by atoms with Crippen LogP contribution >= 0.6 is 0 Å². The van der Waals surface area contributed by atoms with Crippen LogP contribution in [0, 0.1) is 0 Å². The molecule has 2 unspecified atom stereocenters. The maximum Gasteiger partial charge on any atom is 0.407 e. The average molecular weight is 388 g/mol. The van der Waals surface area contributed by atoms with Crippen LogP contribution in [-0.4, -0.2) is 68.4 Å². The number of carbonyl (C=O) groups is 1. The van der Waals surface area contributed by atoms with Gasteiger partial charge in [-0.15, -0.1) is 0 Å². The summed E-state index contributed by atoms with van der Waals surface area (Å²) in [4.78, 5) is 13.0. The van der Waals surface area contributed by atoms with Crippen LogP contribution in [0.5, 0.6) is 0 Å². The number of likely N-dealkylation sites (tertiary alicyclic amines) is 1. The standard InChI is InChI=1S/C15H27F3N2O4S/c1-14(2,3)24-13(21)19-11-6-7-12(15(16,17)18)20(10-11)8-5-9-25(4,22)23/h11-12H,5-10H2,1-4H3,(H,19,21). The van der Waals surface area contributed by atoms with Crippen LogP contribution in [0.2, 0.25) is 0 Å². The van der Waals surface area contributed by atoms with Gasteiger partial charge in [0.25, 0.3) is 0 Å². The summed E-state index contributed by atoms with van der Waals surface area (Å²) in [5.74, 6) is -0.168. The third kappa shape index (κ3) is 8.75. The molecule has 1 aliphatic heterocycles. The number of alkyl carbamates (subject to hydrolysis) is 1. The molecule has 2 atom stereocenters. The molecular weight excluding hydrogens is 361 g/mol. The van der Waals surface area contributed by atoms with Gasteiger partial charge in [0.15, 0.2) is 0 Å². The van der Waals surface area contributed by atoms with E-state index in [4.69, 9.17) is 4.74 Å². The van der Waals surface area contributed by atoms with Gasteiger partial charge in [0.05, 0.1) is 5.75 Å². The van der Waals surface area contributed by atoms with E-state index in [0.717, 1.165) is 6.26 Å². The molecule has 0 bridgehead atoms. The Hall–Kier alpha value is -1.03. The molecule has 0 aromatic heterocycles. The maximum atomic E-state index is 13.2. The van der Waals surface area contributed by atoms with Crippen molar-refractivity contribution in [3.05, 3.63) is 0 Å². The van der Waals surface area contributed by atoms with Crippen LogP contribution in [0.3, 0.4) is 0 Å². The number of nitrogens with one attached hydrogen (secondary N) is 1. The van der Waals surface area contributed by atoms with Gasteiger partial charge in [-0.25, -0.2) is 13.2 Å². The number of halogens is 3. The number of piperidine rings is 1. The lowest BCUT2D eigenvalue weighted by molar-refractivity contribution is -0.192. The number of ether oxygens (including phenoxy) is 1. The fraction of sp³-hybridized carbons (Fsp3) is 0.933. The van der Waals surface area contributed by atoms with Crippen LogP contribution in [0.4, 0.5) is 18.0 Å². The van der Waals surface area contributed by atoms with Crippen LogP contribution in [0.1, 0.15) is 40.0 Å². The van der Waals surface area contributed by atoms with Crippen molar-refractivity contribution in [3.63, 3.8) is 0 Å². The van der Waals surface area contributed by atoms with Gasteiger partial charge < -0.3 is 10.1 Å². The van der Waals surface area contributed by atoms with E-state index in [9.17, 15) is 26.4 Å². The lowest BCUT2D eigenvalue weighted by Gasteiger charge is -2.40. The molecule has 0 saturated carbocycles. The van der Waals surface area contributed by atoms with Crippen LogP contribution in [0.25, 0.3) is 0 Å². The zero-order valence-corrected chi connectivity index (χ0v) is 15.8. The highest BCUT2D eigenvalue weighted by Gasteiger charge is 2.46. The number of rotatable bonds is 5. The van der Waals surface area contributed by atoms with Crippen molar-refractivity contribution in [2.24, 2.45) is 0 Å². The zero-order valence-electron chi connectivity index (χ0n) is 15.0. The summed E-state index contributed by atoms with van der Waals surface area (Å²) in [5, 5.41) is 2.60. The molecule has 0 aromatic carbocycles. The number of sulfone groups is 1. The monoisotopic (exact) mass is 388 g/mol. The summed E-state index contributed by atoms with van der Waals surface area (Å²) >= 11 is 0. The summed E-state index contributed by atoms with van der Waals surface area (Å²) in [7, 11) is -3.23. The van der Waals surface area contributed by atoms with Crippen molar-refractivity contribution in [1.29, 1.82) is 0 Å². The minimum absolute atomic E-state index is 0.00372. The Bertz CT molecular complexity index is 558. The smallest absolute Gasteiger partial charge is 0.407 e. The zero-order chi connectivity index (χ0) is 19.5. The predicted octanol–water partition coefficient (Wildman–Crippen LogP) is 2.34. The van der Waals surface area contributed by atoms with Crippen LogP contribution < -0.4 is 5.32 Å². The molecule has 0 aliphatic carbocycles. The summed E-state index contributed by atoms with van der Waals surface area (Å²) in [5.41, 5.74) is -0.692. The predicted molar refractivity (Wildman–Crippen MR) is 88.1 cm³/mol. The van der Waals surface area contributed by atoms with Gasteiger partial charge in [-0.3, -0.25) is 4.90 Å². The molecule has 1 rings (SSSR count). The molecule has 1 heterocycles. The highest BCUT2D eigenvalue weighted by atomic mass is 32.2. The van der Waals surface area contributed by atoms with Gasteiger partial charge in [0.2, 0.25) is 0 Å². The van der Waals surface area contributed by atoms with Crippen molar-refractivity contribution < 1.29 is 31.1 Å². The van der Waals surface area contributed by atoms with E-state index in [1.165, 1.54) is 4.90 Å². The van der Waals surface area contributed by atoms with Crippen molar-refractivity contribution in [3.8, 4) is 0 Å². The van der Waals surface area contributed by atoms with Gasteiger partial charge in [-0.1, -0.05) is 0 Å². The van der Waals surface area contributed by atoms with E-state index in [1.807, 2.05) is 0 Å². The molecule has 1 fully saturated rings. The molecule has 1 amide bonds. The van der Waals surface area contributed by atoms with Gasteiger partial charge in [-0.2, -0.15) is 13.2 Å². The van der Waals surface area contributed by atoms with Crippen molar-refractivity contribution >= 4 is 15.9 Å². The highest BCUT2D eigenvalue weighted by Crippen LogP contribution is 2.32. The van der Waals surface area contributed by atoms with Gasteiger partial charge in [0, 0.05) is 18.8 Å². The Morgan fingerprint density at radius 2 is 1.84 bits per heavy atom. The fourth-order valence-corrected chi connectivity index (χ4v) is 3.44. The molecule has 1 aliphatic rings. The summed E-state index contributed by atoms with van der Waals surface area (Å²) in [6, 6.07) is -2.09. The molecular formula is C15H27F3N2O4S. The van der Waals surface area contributed by atoms with Crippen molar-refractivity contribution in [2.75, 3.05) is 25.1 Å². The number of nitrogens with zero attached hydrogens (tertiary/aromatic N) is 1. The number of hydrogen-bond donors (Lipinski definition) is 1. The minimum Gasteiger partial charge on any atom is -0.444 e. The summed E-state index contributed by atoms with van der Waals surface area (Å²) < 4.78 is 67.1. The fourth-order valence-electron chi connectivity index (χ4n) is 2.78. The van der Waals surface area contributed by atoms with Crippen LogP contribution in [-0.2, 0) is 14.6 Å². The van der Waals surface area contributed by atoms with E-state index in [2.05, 4.69) is 5.32 Å². The Balaban J connectivity index is 2.68. The first-order chi connectivity index (χ1) is 11.2. The molecule has 0 spiro atoms. The second-order valence-corrected chi connectivity index (χ2v) is 9.72. The Labute approximate surface area is 147 Å². The molecule has 0 aromatic rings. The second-order valence-electron chi connectivity index (χ2n) is 7.46. The lowest BCUT2D eigenvalue weighted by Crippen LogP contribution is -2.57. The molecule has 0 radical (unpaired) electrons. The third-order valence-corrected chi connectivity index (χ3v) is 4.77. The SMILES string of the molecule is CC(C)(C)OC(=O)NC1CCC(C(F)(F)F)N(CCCS(C)(=O)=O)C1. The normalized spacial score (nSPS) is 23.3. The largest absolute Gasteiger partial charge is 0.444 e. The topological polar surface area (TPSA) is 75.7 Å². The first-order valence-electron chi connectivity index (χ1n) is 8.15. The van der Waals surface area contributed by atoms with Gasteiger partial charge in [0.1, 0.15) is 21.5 Å². The van der Waals surface area contributed by atoms with Crippen molar-refractivity contribution in [1.82, 2.24) is 10.2 Å². The molecule has 1 saturated heterocycles. The van der Waals surface area contributed by atoms with Crippen molar-refractivity contribution in [2.45, 2.75) is 63.9 Å². The first-order valence-corrected chi connectivity index (χ1v) is 10.2. The molecule has 148 valence electrons. The number of amides is 1. The maximum absolute atomic E-state index is 13.2. The molecule has 1 N–H and O–H groups in total. The molecule has 10 heteroatoms. The Kier molecular flexibility index (Phi) is 7.14. The summed E-state index contributed by atoms with van der Waals surface area (Å²) in [6.07, 6.45) is -3.85. The van der Waals surface area contributed by atoms with Crippen LogP contribution in [0.15, 0.2) is 0 Å². The van der Waals surface area contributed by atoms with Gasteiger partial charge in [-0.05, 0) is 46.6 Å². The quantitative estimate of drug-likeness (QED) is 0.782. The van der Waals surface area contributed by atoms with Gasteiger partial charge >= 0.3 is 12.3 Å². The van der Waals surface area contributed by atoms with E-state index in [1.54, 1.807) is 20.8 Å². The van der Waals surface area contributed by atoms with E-state index in [0.29, 0.717) is 0 Å². The molecule has 25 heavy (non-hydrogen) atoms.